The van der Waals surface area contributed by atoms with E-state index in [0.717, 1.165) is 37.6 Å². The van der Waals surface area contributed by atoms with Crippen LogP contribution in [0.25, 0.3) is 16.9 Å². The molecule has 13 heteroatoms. The van der Waals surface area contributed by atoms with Crippen LogP contribution < -0.4 is 15.8 Å². The number of halogens is 3. The Kier molecular flexibility index (Phi) is 6.43. The summed E-state index contributed by atoms with van der Waals surface area (Å²) in [6.45, 7) is 8.14. The lowest BCUT2D eigenvalue weighted by atomic mass is 9.71. The second-order valence-electron chi connectivity index (χ2n) is 13.4. The first kappa shape index (κ1) is 29.2. The van der Waals surface area contributed by atoms with Gasteiger partial charge in [-0.05, 0) is 80.5 Å². The SMILES string of the molecule is C=CCn1c(=O)c2cnc(Nc3ccc(N4C[C@H]5CN(C)C[C@H]5C4)cc3)nc2n1-c1ccc2c(n1)C(O)(C(F)(F)F)C1(CC2)CC1. The third kappa shape index (κ3) is 4.31. The lowest BCUT2D eigenvalue weighted by Gasteiger charge is -2.42. The van der Waals surface area contributed by atoms with Crippen LogP contribution in [0.1, 0.15) is 30.5 Å². The average molecular weight is 633 g/mol. The molecule has 3 atom stereocenters. The maximum atomic E-state index is 14.6. The van der Waals surface area contributed by atoms with E-state index >= 15 is 0 Å². The van der Waals surface area contributed by atoms with Crippen molar-refractivity contribution in [1.29, 1.82) is 0 Å². The number of hydrogen-bond acceptors (Lipinski definition) is 8. The standard InChI is InChI=1S/C33H35F3N8O2/c1-3-14-43-29(45)25-15-37-30(38-23-5-7-24(8-6-23)42-18-21-16-41(2)17-22(21)19-42)40-28(25)44(43)26-9-4-20-10-11-31(12-13-31)32(46,27(20)39-26)33(34,35)36/h3-9,15,21-22,46H,1,10-14,16-19H2,2H3,(H,37,38,40)/t21-,22+,32?. The van der Waals surface area contributed by atoms with Crippen molar-refractivity contribution < 1.29 is 18.3 Å². The summed E-state index contributed by atoms with van der Waals surface area (Å²) in [5.41, 5.74) is -2.76. The van der Waals surface area contributed by atoms with Crippen LogP contribution in [-0.2, 0) is 18.6 Å². The third-order valence-corrected chi connectivity index (χ3v) is 10.6. The monoisotopic (exact) mass is 632 g/mol. The van der Waals surface area contributed by atoms with E-state index in [2.05, 4.69) is 55.8 Å². The number of pyridine rings is 1. The van der Waals surface area contributed by atoms with Crippen LogP contribution >= 0.6 is 0 Å². The molecule has 46 heavy (non-hydrogen) atoms. The van der Waals surface area contributed by atoms with E-state index in [9.17, 15) is 23.1 Å². The fourth-order valence-electron chi connectivity index (χ4n) is 8.05. The number of nitrogens with zero attached hydrogens (tertiary/aromatic N) is 7. The molecule has 3 fully saturated rings. The van der Waals surface area contributed by atoms with Gasteiger partial charge in [-0.1, -0.05) is 12.1 Å². The van der Waals surface area contributed by atoms with Crippen LogP contribution in [-0.4, -0.2) is 73.7 Å². The van der Waals surface area contributed by atoms with Crippen molar-refractivity contribution in [3.63, 3.8) is 0 Å². The van der Waals surface area contributed by atoms with Crippen LogP contribution in [0.4, 0.5) is 30.5 Å². The number of aliphatic hydroxyl groups is 1. The van der Waals surface area contributed by atoms with E-state index in [4.69, 9.17) is 0 Å². The molecule has 0 bridgehead atoms. The first-order valence-electron chi connectivity index (χ1n) is 15.7. The molecule has 1 saturated carbocycles. The van der Waals surface area contributed by atoms with Gasteiger partial charge in [0.1, 0.15) is 5.39 Å². The molecule has 0 radical (unpaired) electrons. The highest BCUT2D eigenvalue weighted by atomic mass is 19.4. The minimum absolute atomic E-state index is 0.0450. The largest absolute Gasteiger partial charge is 0.423 e. The molecule has 1 unspecified atom stereocenters. The summed E-state index contributed by atoms with van der Waals surface area (Å²) in [5, 5.41) is 14.7. The number of rotatable bonds is 6. The zero-order valence-electron chi connectivity index (χ0n) is 25.5. The highest BCUT2D eigenvalue weighted by Gasteiger charge is 2.74. The van der Waals surface area contributed by atoms with Crippen LogP contribution in [0, 0.1) is 17.3 Å². The highest BCUT2D eigenvalue weighted by Crippen LogP contribution is 2.68. The molecule has 5 heterocycles. The molecule has 2 saturated heterocycles. The van der Waals surface area contributed by atoms with Gasteiger partial charge in [0.05, 0.1) is 12.2 Å². The van der Waals surface area contributed by atoms with Crippen molar-refractivity contribution in [2.75, 3.05) is 43.4 Å². The molecule has 2 aliphatic heterocycles. The zero-order valence-corrected chi connectivity index (χ0v) is 25.5. The second kappa shape index (κ2) is 10.1. The Morgan fingerprint density at radius 1 is 1.04 bits per heavy atom. The topological polar surface area (TPSA) is 104 Å². The molecule has 10 nitrogen and oxygen atoms in total. The Morgan fingerprint density at radius 3 is 2.41 bits per heavy atom. The Hall–Kier alpha value is -4.23. The fourth-order valence-corrected chi connectivity index (χ4v) is 8.05. The van der Waals surface area contributed by atoms with Gasteiger partial charge >= 0.3 is 6.18 Å². The van der Waals surface area contributed by atoms with Gasteiger partial charge in [-0.25, -0.2) is 19.3 Å². The number of anilines is 3. The van der Waals surface area contributed by atoms with Gasteiger partial charge in [-0.3, -0.25) is 4.79 Å². The quantitative estimate of drug-likeness (QED) is 0.302. The molecular weight excluding hydrogens is 597 g/mol. The molecule has 2 N–H and O–H groups in total. The van der Waals surface area contributed by atoms with Crippen molar-refractivity contribution in [3.8, 4) is 5.82 Å². The molecule has 2 aliphatic carbocycles. The van der Waals surface area contributed by atoms with E-state index in [0.29, 0.717) is 23.8 Å². The van der Waals surface area contributed by atoms with Crippen molar-refractivity contribution >= 4 is 28.4 Å². The molecule has 4 aliphatic rings. The van der Waals surface area contributed by atoms with Gasteiger partial charge in [0.25, 0.3) is 5.56 Å². The Labute approximate surface area is 263 Å². The van der Waals surface area contributed by atoms with Crippen molar-refractivity contribution in [1.82, 2.24) is 29.2 Å². The molecule has 1 spiro atoms. The number of alkyl halides is 3. The molecule has 1 aromatic carbocycles. The number of nitrogens with one attached hydrogen (secondary N) is 1. The molecule has 4 aromatic rings. The number of benzene rings is 1. The van der Waals surface area contributed by atoms with Gasteiger partial charge in [0, 0.05) is 49.2 Å². The summed E-state index contributed by atoms with van der Waals surface area (Å²) in [4.78, 5) is 31.7. The fraction of sp³-hybridized carbons (Fsp3) is 0.455. The molecule has 240 valence electrons. The average Bonchev–Trinajstić information content (AvgIpc) is 3.48. The number of aryl methyl sites for hydroxylation is 1. The summed E-state index contributed by atoms with van der Waals surface area (Å²) in [6.07, 6.45) is -0.808. The van der Waals surface area contributed by atoms with Crippen LogP contribution in [0.5, 0.6) is 0 Å². The summed E-state index contributed by atoms with van der Waals surface area (Å²) in [6, 6.07) is 11.2. The predicted octanol–water partition coefficient (Wildman–Crippen LogP) is 4.38. The first-order chi connectivity index (χ1) is 22.0. The summed E-state index contributed by atoms with van der Waals surface area (Å²) < 4.78 is 46.4. The first-order valence-corrected chi connectivity index (χ1v) is 15.7. The van der Waals surface area contributed by atoms with Gasteiger partial charge < -0.3 is 20.2 Å². The minimum Gasteiger partial charge on any atom is -0.375 e. The number of likely N-dealkylation sites (tertiary alicyclic amines) is 1. The second-order valence-corrected chi connectivity index (χ2v) is 13.4. The van der Waals surface area contributed by atoms with Crippen LogP contribution in [0.15, 0.2) is 60.0 Å². The smallest absolute Gasteiger partial charge is 0.375 e. The maximum absolute atomic E-state index is 14.6. The van der Waals surface area contributed by atoms with E-state index < -0.39 is 28.4 Å². The molecule has 0 amide bonds. The van der Waals surface area contributed by atoms with Crippen molar-refractivity contribution in [2.24, 2.45) is 17.3 Å². The van der Waals surface area contributed by atoms with E-state index in [-0.39, 0.29) is 48.6 Å². The van der Waals surface area contributed by atoms with Crippen molar-refractivity contribution in [2.45, 2.75) is 44.0 Å². The van der Waals surface area contributed by atoms with Crippen LogP contribution in [0.2, 0.25) is 0 Å². The van der Waals surface area contributed by atoms with Gasteiger partial charge in [0.2, 0.25) is 11.5 Å². The van der Waals surface area contributed by atoms with Crippen LogP contribution in [0.3, 0.4) is 0 Å². The number of aromatic nitrogens is 5. The number of fused-ring (bicyclic) bond motifs is 3. The van der Waals surface area contributed by atoms with Crippen molar-refractivity contribution in [3.05, 3.63) is 76.9 Å². The predicted molar refractivity (Wildman–Crippen MR) is 167 cm³/mol. The zero-order chi connectivity index (χ0) is 32.0. The normalized spacial score (nSPS) is 25.2. The lowest BCUT2D eigenvalue weighted by Crippen LogP contribution is -2.53. The minimum atomic E-state index is -4.91. The highest BCUT2D eigenvalue weighted by molar-refractivity contribution is 5.77. The van der Waals surface area contributed by atoms with Gasteiger partial charge in [-0.15, -0.1) is 6.58 Å². The molecule has 3 aromatic heterocycles. The molecular formula is C33H35F3N8O2. The van der Waals surface area contributed by atoms with Gasteiger partial charge in [0.15, 0.2) is 11.5 Å². The molecule has 8 rings (SSSR count). The van der Waals surface area contributed by atoms with E-state index in [1.165, 1.54) is 21.6 Å². The summed E-state index contributed by atoms with van der Waals surface area (Å²) >= 11 is 0. The summed E-state index contributed by atoms with van der Waals surface area (Å²) in [5.74, 6) is 1.64. The maximum Gasteiger partial charge on any atom is 0.423 e. The lowest BCUT2D eigenvalue weighted by molar-refractivity contribution is -0.298. The summed E-state index contributed by atoms with van der Waals surface area (Å²) in [7, 11) is 2.18. The van der Waals surface area contributed by atoms with Gasteiger partial charge in [-0.2, -0.15) is 18.2 Å². The Bertz CT molecular complexity index is 1900. The third-order valence-electron chi connectivity index (χ3n) is 10.6. The van der Waals surface area contributed by atoms with E-state index in [1.807, 2.05) is 12.1 Å². The number of hydrogen-bond donors (Lipinski definition) is 2. The number of allylic oxidation sites excluding steroid dienone is 1. The van der Waals surface area contributed by atoms with E-state index in [1.54, 1.807) is 12.1 Å². The Balaban J connectivity index is 1.14. The Morgan fingerprint density at radius 2 is 1.76 bits per heavy atom.